The topological polar surface area (TPSA) is 122 Å². The van der Waals surface area contributed by atoms with Crippen LogP contribution in [0.5, 0.6) is 0 Å². The van der Waals surface area contributed by atoms with E-state index < -0.39 is 17.3 Å². The molecule has 2 rings (SSSR count). The van der Waals surface area contributed by atoms with Crippen molar-refractivity contribution in [2.24, 2.45) is 0 Å². The molecule has 0 aliphatic carbocycles. The van der Waals surface area contributed by atoms with E-state index >= 15 is 0 Å². The largest absolute Gasteiger partial charge is 0.383 e. The molecule has 0 aliphatic rings. The average molecular weight is 375 g/mol. The van der Waals surface area contributed by atoms with E-state index in [1.165, 1.54) is 16.6 Å². The van der Waals surface area contributed by atoms with Crippen LogP contribution in [0.15, 0.2) is 33.9 Å². The van der Waals surface area contributed by atoms with Crippen molar-refractivity contribution in [1.82, 2.24) is 9.55 Å². The SMILES string of the molecule is CCCn1c(N)c(N(CCOC)C(=O)Nc2ccc(C)cc2)c(=O)[nH]c1=O. The van der Waals surface area contributed by atoms with E-state index in [9.17, 15) is 14.4 Å². The van der Waals surface area contributed by atoms with Crippen LogP contribution >= 0.6 is 0 Å². The van der Waals surface area contributed by atoms with Crippen molar-refractivity contribution >= 4 is 23.2 Å². The highest BCUT2D eigenvalue weighted by atomic mass is 16.5. The number of methoxy groups -OCH3 is 1. The summed E-state index contributed by atoms with van der Waals surface area (Å²) in [7, 11) is 1.49. The molecule has 0 fully saturated rings. The van der Waals surface area contributed by atoms with Gasteiger partial charge in [-0.25, -0.2) is 9.59 Å². The van der Waals surface area contributed by atoms with Crippen molar-refractivity contribution in [2.45, 2.75) is 26.8 Å². The summed E-state index contributed by atoms with van der Waals surface area (Å²) in [4.78, 5) is 40.7. The van der Waals surface area contributed by atoms with E-state index in [0.29, 0.717) is 18.7 Å². The molecule has 0 spiro atoms. The fourth-order valence-corrected chi connectivity index (χ4v) is 2.61. The number of hydrogen-bond acceptors (Lipinski definition) is 5. The number of H-pyrrole nitrogens is 1. The number of carbonyl (C=O) groups excluding carboxylic acids is 1. The Balaban J connectivity index is 2.45. The molecule has 0 radical (unpaired) electrons. The number of aromatic amines is 1. The standard InChI is InChI=1S/C18H25N5O4/c1-4-9-23-15(19)14(16(24)21-18(23)26)22(10-11-27-3)17(25)20-13-7-5-12(2)6-8-13/h5-8H,4,9-11,19H2,1-3H3,(H,20,25)(H,21,24,26). The van der Waals surface area contributed by atoms with E-state index in [2.05, 4.69) is 10.3 Å². The predicted molar refractivity (Wildman–Crippen MR) is 105 cm³/mol. The van der Waals surface area contributed by atoms with Gasteiger partial charge >= 0.3 is 11.7 Å². The molecular formula is C18H25N5O4. The minimum absolute atomic E-state index is 0.0549. The number of nitrogens with zero attached hydrogens (tertiary/aromatic N) is 2. The molecule has 0 atom stereocenters. The normalized spacial score (nSPS) is 10.6. The highest BCUT2D eigenvalue weighted by molar-refractivity contribution is 6.03. The number of urea groups is 1. The number of ether oxygens (including phenoxy) is 1. The van der Waals surface area contributed by atoms with Gasteiger partial charge in [0.25, 0.3) is 5.56 Å². The molecule has 1 aromatic carbocycles. The Morgan fingerprint density at radius 2 is 1.96 bits per heavy atom. The Hall–Kier alpha value is -3.07. The molecule has 0 saturated heterocycles. The number of nitrogen functional groups attached to an aromatic ring is 1. The van der Waals surface area contributed by atoms with E-state index in [-0.39, 0.29) is 24.7 Å². The summed E-state index contributed by atoms with van der Waals surface area (Å²) in [6.45, 7) is 4.42. The molecule has 0 bridgehead atoms. The fourth-order valence-electron chi connectivity index (χ4n) is 2.61. The molecule has 146 valence electrons. The van der Waals surface area contributed by atoms with Crippen molar-refractivity contribution in [3.8, 4) is 0 Å². The average Bonchev–Trinajstić information content (AvgIpc) is 2.63. The molecule has 1 heterocycles. The zero-order chi connectivity index (χ0) is 20.0. The van der Waals surface area contributed by atoms with Crippen molar-refractivity contribution < 1.29 is 9.53 Å². The van der Waals surface area contributed by atoms with Crippen molar-refractivity contribution in [3.05, 3.63) is 50.7 Å². The van der Waals surface area contributed by atoms with Crippen molar-refractivity contribution in [1.29, 1.82) is 0 Å². The van der Waals surface area contributed by atoms with Gasteiger partial charge in [0.05, 0.1) is 13.2 Å². The minimum atomic E-state index is -0.722. The maximum absolute atomic E-state index is 12.8. The van der Waals surface area contributed by atoms with E-state index in [0.717, 1.165) is 5.56 Å². The summed E-state index contributed by atoms with van der Waals surface area (Å²) in [5, 5.41) is 2.73. The number of hydrogen-bond donors (Lipinski definition) is 3. The van der Waals surface area contributed by atoms with Crippen LogP contribution in [-0.2, 0) is 11.3 Å². The van der Waals surface area contributed by atoms with Gasteiger partial charge < -0.3 is 15.8 Å². The number of amides is 2. The zero-order valence-corrected chi connectivity index (χ0v) is 15.7. The Labute approximate surface area is 156 Å². The molecule has 0 saturated carbocycles. The Kier molecular flexibility index (Phi) is 6.78. The van der Waals surface area contributed by atoms with Crippen LogP contribution < -0.4 is 27.2 Å². The summed E-state index contributed by atoms with van der Waals surface area (Å²) in [5.74, 6) is -0.0549. The number of benzene rings is 1. The fraction of sp³-hybridized carbons (Fsp3) is 0.389. The second-order valence-electron chi connectivity index (χ2n) is 6.09. The molecule has 2 amide bonds. The number of aromatic nitrogens is 2. The number of nitrogens with one attached hydrogen (secondary N) is 2. The molecule has 0 aliphatic heterocycles. The van der Waals surface area contributed by atoms with Gasteiger partial charge in [-0.2, -0.15) is 0 Å². The quantitative estimate of drug-likeness (QED) is 0.677. The molecule has 0 unspecified atom stereocenters. The molecule has 9 nitrogen and oxygen atoms in total. The number of rotatable bonds is 7. The summed E-state index contributed by atoms with van der Waals surface area (Å²) < 4.78 is 6.29. The second kappa shape index (κ2) is 9.04. The van der Waals surface area contributed by atoms with E-state index in [1.807, 2.05) is 26.0 Å². The third-order valence-electron chi connectivity index (χ3n) is 4.00. The number of carbonyl (C=O) groups is 1. The molecular weight excluding hydrogens is 350 g/mol. The third-order valence-corrected chi connectivity index (χ3v) is 4.00. The van der Waals surface area contributed by atoms with E-state index in [4.69, 9.17) is 10.5 Å². The van der Waals surface area contributed by atoms with Gasteiger partial charge in [-0.05, 0) is 25.5 Å². The summed E-state index contributed by atoms with van der Waals surface area (Å²) in [5.41, 5.74) is 6.30. The van der Waals surface area contributed by atoms with Crippen molar-refractivity contribution in [2.75, 3.05) is 36.2 Å². The van der Waals surface area contributed by atoms with Crippen LogP contribution in [-0.4, -0.2) is 35.8 Å². The summed E-state index contributed by atoms with van der Waals surface area (Å²) in [6, 6.07) is 6.69. The lowest BCUT2D eigenvalue weighted by molar-refractivity contribution is 0.204. The maximum atomic E-state index is 12.8. The second-order valence-corrected chi connectivity index (χ2v) is 6.09. The first-order valence-corrected chi connectivity index (χ1v) is 8.65. The highest BCUT2D eigenvalue weighted by Crippen LogP contribution is 2.19. The van der Waals surface area contributed by atoms with Crippen LogP contribution in [0.3, 0.4) is 0 Å². The highest BCUT2D eigenvalue weighted by Gasteiger charge is 2.24. The van der Waals surface area contributed by atoms with E-state index in [1.54, 1.807) is 12.1 Å². The zero-order valence-electron chi connectivity index (χ0n) is 15.7. The monoisotopic (exact) mass is 375 g/mol. The van der Waals surface area contributed by atoms with Gasteiger partial charge in [0, 0.05) is 19.3 Å². The minimum Gasteiger partial charge on any atom is -0.383 e. The van der Waals surface area contributed by atoms with Gasteiger partial charge in [0.1, 0.15) is 5.82 Å². The van der Waals surface area contributed by atoms with Gasteiger partial charge in [0.15, 0.2) is 5.69 Å². The molecule has 27 heavy (non-hydrogen) atoms. The molecule has 4 N–H and O–H groups in total. The summed E-state index contributed by atoms with van der Waals surface area (Å²) >= 11 is 0. The lowest BCUT2D eigenvalue weighted by Crippen LogP contribution is -2.44. The number of nitrogens with two attached hydrogens (primary N) is 1. The third kappa shape index (κ3) is 4.76. The first kappa shape index (κ1) is 20.2. The lowest BCUT2D eigenvalue weighted by Gasteiger charge is -2.24. The first-order chi connectivity index (χ1) is 12.9. The van der Waals surface area contributed by atoms with Crippen LogP contribution in [0.25, 0.3) is 0 Å². The molecule has 1 aromatic heterocycles. The van der Waals surface area contributed by atoms with Gasteiger partial charge in [-0.15, -0.1) is 0 Å². The van der Waals surface area contributed by atoms with Crippen LogP contribution in [0, 0.1) is 6.92 Å². The Morgan fingerprint density at radius 1 is 1.30 bits per heavy atom. The lowest BCUT2D eigenvalue weighted by atomic mass is 10.2. The molecule has 2 aromatic rings. The molecule has 9 heteroatoms. The Morgan fingerprint density at radius 3 is 2.56 bits per heavy atom. The van der Waals surface area contributed by atoms with Crippen molar-refractivity contribution in [3.63, 3.8) is 0 Å². The van der Waals surface area contributed by atoms with Gasteiger partial charge in [-0.1, -0.05) is 24.6 Å². The van der Waals surface area contributed by atoms with Gasteiger partial charge in [-0.3, -0.25) is 19.2 Å². The van der Waals surface area contributed by atoms with Crippen LogP contribution in [0.1, 0.15) is 18.9 Å². The van der Waals surface area contributed by atoms with Crippen LogP contribution in [0.4, 0.5) is 22.0 Å². The smallest absolute Gasteiger partial charge is 0.330 e. The van der Waals surface area contributed by atoms with Crippen LogP contribution in [0.2, 0.25) is 0 Å². The first-order valence-electron chi connectivity index (χ1n) is 8.65. The summed E-state index contributed by atoms with van der Waals surface area (Å²) in [6.07, 6.45) is 0.642. The maximum Gasteiger partial charge on any atom is 0.330 e. The Bertz CT molecular complexity index is 901. The number of aryl methyl sites for hydroxylation is 1. The van der Waals surface area contributed by atoms with Gasteiger partial charge in [0.2, 0.25) is 0 Å². The number of anilines is 3. The predicted octanol–water partition coefficient (Wildman–Crippen LogP) is 1.52.